The number of rotatable bonds is 1. The lowest BCUT2D eigenvalue weighted by molar-refractivity contribution is -0.117. The van der Waals surface area contributed by atoms with Gasteiger partial charge in [0.2, 0.25) is 5.91 Å². The van der Waals surface area contributed by atoms with Crippen molar-refractivity contribution in [1.82, 2.24) is 4.98 Å². The predicted molar refractivity (Wildman–Crippen MR) is 71.0 cm³/mol. The summed E-state index contributed by atoms with van der Waals surface area (Å²) in [5.74, 6) is 3.39. The van der Waals surface area contributed by atoms with Gasteiger partial charge in [-0.3, -0.25) is 9.69 Å². The Balaban J connectivity index is 2.00. The van der Waals surface area contributed by atoms with Crippen LogP contribution in [0.3, 0.4) is 0 Å². The molecule has 0 aliphatic carbocycles. The molecular weight excluding hydrogens is 224 g/mol. The molecule has 0 radical (unpaired) electrons. The first-order valence-corrected chi connectivity index (χ1v) is 5.89. The van der Waals surface area contributed by atoms with Gasteiger partial charge >= 0.3 is 0 Å². The smallest absolute Gasteiger partial charge is 0.229 e. The highest BCUT2D eigenvalue weighted by atomic mass is 16.2. The number of benzene rings is 1. The number of anilines is 1. The third-order valence-electron chi connectivity index (χ3n) is 3.25. The highest BCUT2D eigenvalue weighted by Crippen LogP contribution is 2.25. The Morgan fingerprint density at radius 1 is 1.33 bits per heavy atom. The van der Waals surface area contributed by atoms with E-state index in [4.69, 9.17) is 6.42 Å². The number of aromatic nitrogens is 1. The van der Waals surface area contributed by atoms with E-state index in [1.165, 1.54) is 0 Å². The molecule has 2 heterocycles. The number of amides is 1. The van der Waals surface area contributed by atoms with Crippen LogP contribution in [0.1, 0.15) is 6.42 Å². The molecule has 0 saturated carbocycles. The maximum absolute atomic E-state index is 11.9. The summed E-state index contributed by atoms with van der Waals surface area (Å²) < 4.78 is 0. The molecule has 1 aromatic carbocycles. The molecule has 3 rings (SSSR count). The van der Waals surface area contributed by atoms with Gasteiger partial charge in [-0.2, -0.15) is 0 Å². The lowest BCUT2D eigenvalue weighted by atomic mass is 10.1. The van der Waals surface area contributed by atoms with Crippen molar-refractivity contribution in [2.24, 2.45) is 5.92 Å². The predicted octanol–water partition coefficient (Wildman–Crippen LogP) is 2.22. The minimum Gasteiger partial charge on any atom is -0.296 e. The van der Waals surface area contributed by atoms with Crippen LogP contribution in [0, 0.1) is 18.3 Å². The molecule has 88 valence electrons. The van der Waals surface area contributed by atoms with Crippen LogP contribution in [0.25, 0.3) is 10.8 Å². The van der Waals surface area contributed by atoms with Crippen LogP contribution in [0.2, 0.25) is 0 Å². The minimum atomic E-state index is 0.00534. The molecule has 1 fully saturated rings. The number of pyridine rings is 1. The molecule has 0 N–H and O–H groups in total. The van der Waals surface area contributed by atoms with E-state index in [1.54, 1.807) is 11.1 Å². The van der Waals surface area contributed by atoms with Crippen LogP contribution >= 0.6 is 0 Å². The summed E-state index contributed by atoms with van der Waals surface area (Å²) in [7, 11) is 0. The monoisotopic (exact) mass is 236 g/mol. The molecule has 1 amide bonds. The summed E-state index contributed by atoms with van der Waals surface area (Å²) in [6.45, 7) is 0.570. The first-order chi connectivity index (χ1) is 8.78. The molecule has 1 aliphatic heterocycles. The van der Waals surface area contributed by atoms with Crippen LogP contribution in [-0.4, -0.2) is 17.4 Å². The molecule has 0 bridgehead atoms. The van der Waals surface area contributed by atoms with E-state index in [-0.39, 0.29) is 11.8 Å². The molecular formula is C15H12N2O. The van der Waals surface area contributed by atoms with E-state index in [0.29, 0.717) is 18.8 Å². The zero-order valence-corrected chi connectivity index (χ0v) is 9.84. The molecule has 1 aliphatic rings. The van der Waals surface area contributed by atoms with E-state index >= 15 is 0 Å². The van der Waals surface area contributed by atoms with Crippen molar-refractivity contribution in [3.63, 3.8) is 0 Å². The summed E-state index contributed by atoms with van der Waals surface area (Å²) >= 11 is 0. The van der Waals surface area contributed by atoms with Crippen LogP contribution in [-0.2, 0) is 4.79 Å². The second-order valence-corrected chi connectivity index (χ2v) is 4.46. The quantitative estimate of drug-likeness (QED) is 0.711. The van der Waals surface area contributed by atoms with Crippen molar-refractivity contribution >= 4 is 22.5 Å². The van der Waals surface area contributed by atoms with Crippen LogP contribution < -0.4 is 4.90 Å². The van der Waals surface area contributed by atoms with Crippen molar-refractivity contribution in [1.29, 1.82) is 0 Å². The van der Waals surface area contributed by atoms with Gasteiger partial charge in [0.05, 0.1) is 0 Å². The van der Waals surface area contributed by atoms with E-state index < -0.39 is 0 Å². The third-order valence-corrected chi connectivity index (χ3v) is 3.25. The van der Waals surface area contributed by atoms with Crippen LogP contribution in [0.4, 0.5) is 5.82 Å². The maximum Gasteiger partial charge on any atom is 0.229 e. The molecule has 1 atom stereocenters. The van der Waals surface area contributed by atoms with Gasteiger partial charge < -0.3 is 0 Å². The van der Waals surface area contributed by atoms with Crippen molar-refractivity contribution < 1.29 is 4.79 Å². The van der Waals surface area contributed by atoms with Gasteiger partial charge in [-0.25, -0.2) is 4.98 Å². The number of nitrogens with zero attached hydrogens (tertiary/aromatic N) is 2. The first kappa shape index (κ1) is 10.8. The minimum absolute atomic E-state index is 0.00534. The fourth-order valence-electron chi connectivity index (χ4n) is 2.26. The van der Waals surface area contributed by atoms with E-state index in [2.05, 4.69) is 10.9 Å². The number of carbonyl (C=O) groups excluding carboxylic acids is 1. The molecule has 1 saturated heterocycles. The summed E-state index contributed by atoms with van der Waals surface area (Å²) in [6.07, 6.45) is 7.59. The molecule has 18 heavy (non-hydrogen) atoms. The van der Waals surface area contributed by atoms with Crippen molar-refractivity contribution in [3.05, 3.63) is 36.5 Å². The second kappa shape index (κ2) is 4.15. The molecule has 1 aromatic heterocycles. The first-order valence-electron chi connectivity index (χ1n) is 5.89. The normalized spacial score (nSPS) is 19.2. The van der Waals surface area contributed by atoms with Gasteiger partial charge in [0.1, 0.15) is 5.82 Å². The third kappa shape index (κ3) is 1.72. The number of hydrogen-bond acceptors (Lipinski definition) is 2. The highest BCUT2D eigenvalue weighted by molar-refractivity contribution is 5.97. The van der Waals surface area contributed by atoms with E-state index in [1.807, 2.05) is 30.3 Å². The number of fused-ring (bicyclic) bond motifs is 1. The molecule has 0 spiro atoms. The number of terminal acetylenes is 1. The average molecular weight is 236 g/mol. The lowest BCUT2D eigenvalue weighted by Gasteiger charge is -2.15. The van der Waals surface area contributed by atoms with Gasteiger partial charge in [-0.15, -0.1) is 12.3 Å². The second-order valence-electron chi connectivity index (χ2n) is 4.46. The van der Waals surface area contributed by atoms with Crippen molar-refractivity contribution in [3.8, 4) is 12.3 Å². The average Bonchev–Trinajstić information content (AvgIpc) is 2.79. The van der Waals surface area contributed by atoms with E-state index in [0.717, 1.165) is 10.8 Å². The van der Waals surface area contributed by atoms with Gasteiger partial charge in [0.25, 0.3) is 0 Å². The Bertz CT molecular complexity index is 657. The lowest BCUT2D eigenvalue weighted by Crippen LogP contribution is -2.25. The van der Waals surface area contributed by atoms with Gasteiger partial charge in [0, 0.05) is 30.5 Å². The van der Waals surface area contributed by atoms with Gasteiger partial charge in [-0.1, -0.05) is 24.3 Å². The number of hydrogen-bond donors (Lipinski definition) is 0. The highest BCUT2D eigenvalue weighted by Gasteiger charge is 2.30. The number of carbonyl (C=O) groups is 1. The summed E-state index contributed by atoms with van der Waals surface area (Å²) in [5.41, 5.74) is 0. The topological polar surface area (TPSA) is 33.2 Å². The Kier molecular flexibility index (Phi) is 2.49. The maximum atomic E-state index is 11.9. The molecule has 3 heteroatoms. The SMILES string of the molecule is C#CC1CC(=O)N(c2cc3ccccc3cn2)C1. The summed E-state index contributed by atoms with van der Waals surface area (Å²) in [4.78, 5) is 17.9. The standard InChI is InChI=1S/C15H12N2O/c1-2-11-7-15(18)17(10-11)14-8-12-5-3-4-6-13(12)9-16-14/h1,3-6,8-9,11H,7,10H2. The van der Waals surface area contributed by atoms with Crippen molar-refractivity contribution in [2.75, 3.05) is 11.4 Å². The fourth-order valence-corrected chi connectivity index (χ4v) is 2.26. The molecule has 2 aromatic rings. The zero-order valence-electron chi connectivity index (χ0n) is 9.84. The Morgan fingerprint density at radius 2 is 2.11 bits per heavy atom. The van der Waals surface area contributed by atoms with Crippen LogP contribution in [0.5, 0.6) is 0 Å². The van der Waals surface area contributed by atoms with Crippen LogP contribution in [0.15, 0.2) is 36.5 Å². The van der Waals surface area contributed by atoms with E-state index in [9.17, 15) is 4.79 Å². The Labute approximate surface area is 105 Å². The summed E-state index contributed by atoms with van der Waals surface area (Å²) in [5, 5.41) is 2.15. The fraction of sp³-hybridized carbons (Fsp3) is 0.200. The summed E-state index contributed by atoms with van der Waals surface area (Å²) in [6, 6.07) is 9.90. The van der Waals surface area contributed by atoms with Crippen molar-refractivity contribution in [2.45, 2.75) is 6.42 Å². The van der Waals surface area contributed by atoms with Gasteiger partial charge in [-0.05, 0) is 11.5 Å². The van der Waals surface area contributed by atoms with Gasteiger partial charge in [0.15, 0.2) is 0 Å². The Hall–Kier alpha value is -2.34. The molecule has 3 nitrogen and oxygen atoms in total. The molecule has 1 unspecified atom stereocenters. The Morgan fingerprint density at radius 3 is 2.83 bits per heavy atom. The largest absolute Gasteiger partial charge is 0.296 e. The zero-order chi connectivity index (χ0) is 12.5.